The van der Waals surface area contributed by atoms with Gasteiger partial charge in [-0.2, -0.15) is 0 Å². The number of pyridine rings is 1. The fourth-order valence-electron chi connectivity index (χ4n) is 1.71. The number of hydrogen-bond donors (Lipinski definition) is 2. The molecule has 0 spiro atoms. The van der Waals surface area contributed by atoms with Gasteiger partial charge in [0.15, 0.2) is 5.84 Å². The molecule has 0 fully saturated rings. The Morgan fingerprint density at radius 2 is 2.10 bits per heavy atom. The summed E-state index contributed by atoms with van der Waals surface area (Å²) in [6.07, 6.45) is 0. The van der Waals surface area contributed by atoms with Crippen LogP contribution in [0.3, 0.4) is 0 Å². The van der Waals surface area contributed by atoms with Gasteiger partial charge >= 0.3 is 0 Å². The Labute approximate surface area is 121 Å². The maximum Gasteiger partial charge on any atom is 0.170 e. The Kier molecular flexibility index (Phi) is 4.47. The summed E-state index contributed by atoms with van der Waals surface area (Å²) in [5, 5.41) is 12.5. The van der Waals surface area contributed by atoms with Gasteiger partial charge in [0.25, 0.3) is 0 Å². The molecule has 5 nitrogen and oxygen atoms in total. The largest absolute Gasteiger partial charge is 0.496 e. The highest BCUT2D eigenvalue weighted by molar-refractivity contribution is 7.99. The minimum atomic E-state index is 0.0670. The highest BCUT2D eigenvalue weighted by Gasteiger charge is 2.08. The van der Waals surface area contributed by atoms with Crippen molar-refractivity contribution >= 4 is 17.6 Å². The van der Waals surface area contributed by atoms with E-state index in [0.717, 1.165) is 21.4 Å². The molecule has 1 aromatic heterocycles. The van der Waals surface area contributed by atoms with E-state index in [-0.39, 0.29) is 5.84 Å². The summed E-state index contributed by atoms with van der Waals surface area (Å²) < 4.78 is 5.31. The van der Waals surface area contributed by atoms with Crippen molar-refractivity contribution < 1.29 is 9.94 Å². The normalized spacial score (nSPS) is 11.4. The molecule has 20 heavy (non-hydrogen) atoms. The van der Waals surface area contributed by atoms with Crippen molar-refractivity contribution in [2.24, 2.45) is 10.9 Å². The van der Waals surface area contributed by atoms with E-state index >= 15 is 0 Å². The fraction of sp³-hybridized carbons (Fsp3) is 0.143. The molecule has 0 amide bonds. The van der Waals surface area contributed by atoms with E-state index in [1.165, 1.54) is 11.8 Å². The van der Waals surface area contributed by atoms with Crippen LogP contribution in [0.2, 0.25) is 0 Å². The van der Waals surface area contributed by atoms with Gasteiger partial charge < -0.3 is 15.7 Å². The van der Waals surface area contributed by atoms with E-state index in [9.17, 15) is 0 Å². The zero-order valence-corrected chi connectivity index (χ0v) is 12.0. The lowest BCUT2D eigenvalue weighted by molar-refractivity contribution is 0.318. The van der Waals surface area contributed by atoms with Crippen molar-refractivity contribution in [3.05, 3.63) is 47.7 Å². The molecule has 6 heteroatoms. The number of aryl methyl sites for hydroxylation is 1. The van der Waals surface area contributed by atoms with Crippen LogP contribution in [0.4, 0.5) is 0 Å². The minimum absolute atomic E-state index is 0.0670. The highest BCUT2D eigenvalue weighted by atomic mass is 32.2. The molecule has 0 saturated carbocycles. The van der Waals surface area contributed by atoms with Crippen LogP contribution in [0.15, 0.2) is 51.5 Å². The van der Waals surface area contributed by atoms with Crippen LogP contribution >= 0.6 is 11.8 Å². The standard InChI is InChI=1S/C14H15N3O2S/c1-9-7-10(14(15)17-18)8-13(16-9)20-12-6-4-3-5-11(12)19-2/h3-8,18H,1-2H3,(H2,15,17). The number of hydrogen-bond acceptors (Lipinski definition) is 5. The summed E-state index contributed by atoms with van der Waals surface area (Å²) >= 11 is 1.47. The molecule has 1 heterocycles. The molecule has 3 N–H and O–H groups in total. The molecule has 0 saturated heterocycles. The first-order valence-electron chi connectivity index (χ1n) is 5.91. The van der Waals surface area contributed by atoms with Crippen LogP contribution in [-0.4, -0.2) is 23.1 Å². The van der Waals surface area contributed by atoms with E-state index < -0.39 is 0 Å². The van der Waals surface area contributed by atoms with Gasteiger partial charge in [0.2, 0.25) is 0 Å². The van der Waals surface area contributed by atoms with Crippen molar-refractivity contribution in [2.45, 2.75) is 16.8 Å². The second kappa shape index (κ2) is 6.29. The minimum Gasteiger partial charge on any atom is -0.496 e. The lowest BCUT2D eigenvalue weighted by atomic mass is 10.2. The van der Waals surface area contributed by atoms with Gasteiger partial charge in [-0.25, -0.2) is 4.98 Å². The molecule has 104 valence electrons. The van der Waals surface area contributed by atoms with Crippen molar-refractivity contribution in [2.75, 3.05) is 7.11 Å². The lowest BCUT2D eigenvalue weighted by Crippen LogP contribution is -2.13. The van der Waals surface area contributed by atoms with Crippen LogP contribution in [0, 0.1) is 6.92 Å². The molecule has 2 rings (SSSR count). The Morgan fingerprint density at radius 3 is 2.80 bits per heavy atom. The predicted molar refractivity (Wildman–Crippen MR) is 78.6 cm³/mol. The van der Waals surface area contributed by atoms with Gasteiger partial charge in [-0.05, 0) is 31.2 Å². The monoisotopic (exact) mass is 289 g/mol. The fourth-order valence-corrected chi connectivity index (χ4v) is 2.71. The number of nitrogens with two attached hydrogens (primary N) is 1. The first kappa shape index (κ1) is 14.2. The topological polar surface area (TPSA) is 80.7 Å². The third-order valence-electron chi connectivity index (χ3n) is 2.62. The number of rotatable bonds is 4. The van der Waals surface area contributed by atoms with Crippen LogP contribution in [-0.2, 0) is 0 Å². The summed E-state index contributed by atoms with van der Waals surface area (Å²) in [6.45, 7) is 1.86. The zero-order valence-electron chi connectivity index (χ0n) is 11.2. The van der Waals surface area contributed by atoms with Crippen molar-refractivity contribution in [3.63, 3.8) is 0 Å². The average Bonchev–Trinajstić information content (AvgIpc) is 2.46. The Balaban J connectivity index is 2.36. The molecule has 0 bridgehead atoms. The smallest absolute Gasteiger partial charge is 0.170 e. The molecule has 0 atom stereocenters. The van der Waals surface area contributed by atoms with Gasteiger partial charge in [-0.15, -0.1) is 0 Å². The number of ether oxygens (including phenoxy) is 1. The number of aromatic nitrogens is 1. The highest BCUT2D eigenvalue weighted by Crippen LogP contribution is 2.34. The second-order valence-electron chi connectivity index (χ2n) is 4.07. The van der Waals surface area contributed by atoms with Gasteiger partial charge in [0.05, 0.1) is 12.0 Å². The van der Waals surface area contributed by atoms with E-state index in [0.29, 0.717) is 5.56 Å². The van der Waals surface area contributed by atoms with E-state index in [1.807, 2.05) is 31.2 Å². The van der Waals surface area contributed by atoms with E-state index in [1.54, 1.807) is 19.2 Å². The van der Waals surface area contributed by atoms with Crippen molar-refractivity contribution in [1.29, 1.82) is 0 Å². The molecule has 0 unspecified atom stereocenters. The molecule has 1 aromatic carbocycles. The predicted octanol–water partition coefficient (Wildman–Crippen LogP) is 2.64. The Hall–Kier alpha value is -2.21. The summed E-state index contributed by atoms with van der Waals surface area (Å²) in [5.41, 5.74) is 7.05. The van der Waals surface area contributed by atoms with E-state index in [2.05, 4.69) is 10.1 Å². The average molecular weight is 289 g/mol. The van der Waals surface area contributed by atoms with Gasteiger partial charge in [0.1, 0.15) is 10.8 Å². The SMILES string of the molecule is COc1ccccc1Sc1cc(/C(N)=N/O)cc(C)n1. The van der Waals surface area contributed by atoms with Crippen LogP contribution in [0.5, 0.6) is 5.75 Å². The Bertz CT molecular complexity index is 644. The number of nitrogens with zero attached hydrogens (tertiary/aromatic N) is 2. The molecule has 2 aromatic rings. The summed E-state index contributed by atoms with van der Waals surface area (Å²) in [4.78, 5) is 5.39. The molecule has 0 aliphatic carbocycles. The summed E-state index contributed by atoms with van der Waals surface area (Å²) in [5.74, 6) is 0.850. The Morgan fingerprint density at radius 1 is 1.35 bits per heavy atom. The van der Waals surface area contributed by atoms with E-state index in [4.69, 9.17) is 15.7 Å². The first-order valence-corrected chi connectivity index (χ1v) is 6.73. The number of amidine groups is 1. The lowest BCUT2D eigenvalue weighted by Gasteiger charge is -2.09. The van der Waals surface area contributed by atoms with Gasteiger partial charge in [0, 0.05) is 11.3 Å². The first-order chi connectivity index (χ1) is 9.63. The van der Waals surface area contributed by atoms with Crippen LogP contribution in [0.25, 0.3) is 0 Å². The summed E-state index contributed by atoms with van der Waals surface area (Å²) in [6, 6.07) is 11.2. The molecule has 0 radical (unpaired) electrons. The molecular weight excluding hydrogens is 274 g/mol. The second-order valence-corrected chi connectivity index (χ2v) is 5.14. The maximum atomic E-state index is 8.76. The van der Waals surface area contributed by atoms with Crippen LogP contribution in [0.1, 0.15) is 11.3 Å². The van der Waals surface area contributed by atoms with Crippen LogP contribution < -0.4 is 10.5 Å². The molecular formula is C14H15N3O2S. The van der Waals surface area contributed by atoms with Crippen molar-refractivity contribution in [3.8, 4) is 5.75 Å². The van der Waals surface area contributed by atoms with Gasteiger partial charge in [-0.1, -0.05) is 29.1 Å². The number of benzene rings is 1. The zero-order chi connectivity index (χ0) is 14.5. The number of para-hydroxylation sites is 1. The van der Waals surface area contributed by atoms with Gasteiger partial charge in [-0.3, -0.25) is 0 Å². The molecule has 0 aliphatic rings. The molecule has 0 aliphatic heterocycles. The number of oxime groups is 1. The third kappa shape index (κ3) is 3.21. The summed E-state index contributed by atoms with van der Waals surface area (Å²) in [7, 11) is 1.63. The third-order valence-corrected chi connectivity index (χ3v) is 3.59. The van der Waals surface area contributed by atoms with Crippen molar-refractivity contribution in [1.82, 2.24) is 4.98 Å². The number of methoxy groups -OCH3 is 1. The maximum absolute atomic E-state index is 8.76. The quantitative estimate of drug-likeness (QED) is 0.391.